The van der Waals surface area contributed by atoms with Crippen LogP contribution in [0.2, 0.25) is 0 Å². The van der Waals surface area contributed by atoms with E-state index in [-0.39, 0.29) is 17.7 Å². The molecule has 1 fully saturated rings. The van der Waals surface area contributed by atoms with Crippen LogP contribution in [0, 0.1) is 6.92 Å². The molecule has 31 heavy (non-hydrogen) atoms. The molecule has 0 aliphatic carbocycles. The van der Waals surface area contributed by atoms with Gasteiger partial charge in [0.25, 0.3) is 5.91 Å². The summed E-state index contributed by atoms with van der Waals surface area (Å²) in [4.78, 5) is 40.3. The first-order valence-corrected chi connectivity index (χ1v) is 10.1. The maximum absolute atomic E-state index is 12.5. The summed E-state index contributed by atoms with van der Waals surface area (Å²) in [6, 6.07) is 0.0444. The Hall–Kier alpha value is -3.89. The maximum Gasteiger partial charge on any atom is 0.291 e. The van der Waals surface area contributed by atoms with E-state index >= 15 is 0 Å². The zero-order chi connectivity index (χ0) is 21.4. The van der Waals surface area contributed by atoms with Gasteiger partial charge in [-0.25, -0.2) is 29.9 Å². The molecule has 1 saturated heterocycles. The Morgan fingerprint density at radius 2 is 2.06 bits per heavy atom. The van der Waals surface area contributed by atoms with Gasteiger partial charge in [0.2, 0.25) is 5.76 Å². The number of fused-ring (bicyclic) bond motifs is 1. The lowest BCUT2D eigenvalue weighted by Gasteiger charge is -2.16. The van der Waals surface area contributed by atoms with Crippen molar-refractivity contribution in [2.75, 3.05) is 18.4 Å². The second kappa shape index (κ2) is 7.74. The molecule has 1 atom stereocenters. The van der Waals surface area contributed by atoms with Crippen molar-refractivity contribution in [1.29, 1.82) is 0 Å². The van der Waals surface area contributed by atoms with Gasteiger partial charge >= 0.3 is 0 Å². The molecular formula is C20H21N9O2. The molecule has 1 aliphatic heterocycles. The molecule has 0 spiro atoms. The van der Waals surface area contributed by atoms with Gasteiger partial charge in [-0.3, -0.25) is 4.79 Å². The minimum absolute atomic E-state index is 0.0444. The lowest BCUT2D eigenvalue weighted by molar-refractivity contribution is 0.0760. The fraction of sp³-hybridized carbons (Fsp3) is 0.350. The summed E-state index contributed by atoms with van der Waals surface area (Å²) in [7, 11) is 0. The number of hydrogen-bond donors (Lipinski definition) is 1. The largest absolute Gasteiger partial charge is 0.438 e. The third-order valence-corrected chi connectivity index (χ3v) is 5.35. The number of anilines is 1. The van der Waals surface area contributed by atoms with Gasteiger partial charge in [0, 0.05) is 38.1 Å². The lowest BCUT2D eigenvalue weighted by Crippen LogP contribution is -2.31. The zero-order valence-corrected chi connectivity index (χ0v) is 17.2. The molecule has 4 aromatic rings. The molecule has 11 heteroatoms. The summed E-state index contributed by atoms with van der Waals surface area (Å²) in [6.07, 6.45) is 8.54. The minimum Gasteiger partial charge on any atom is -0.438 e. The summed E-state index contributed by atoms with van der Waals surface area (Å²) >= 11 is 0. The molecule has 1 amide bonds. The van der Waals surface area contributed by atoms with Gasteiger partial charge in [0.15, 0.2) is 23.4 Å². The predicted molar refractivity (Wildman–Crippen MR) is 111 cm³/mol. The fourth-order valence-corrected chi connectivity index (χ4v) is 3.80. The highest BCUT2D eigenvalue weighted by Gasteiger charge is 2.29. The van der Waals surface area contributed by atoms with Crippen molar-refractivity contribution >= 4 is 22.9 Å². The minimum atomic E-state index is -0.161. The molecule has 0 unspecified atom stereocenters. The van der Waals surface area contributed by atoms with Crippen LogP contribution < -0.4 is 5.32 Å². The third-order valence-electron chi connectivity index (χ3n) is 5.35. The van der Waals surface area contributed by atoms with Crippen molar-refractivity contribution < 1.29 is 9.21 Å². The number of imidazole rings is 1. The van der Waals surface area contributed by atoms with Crippen molar-refractivity contribution in [1.82, 2.24) is 39.4 Å². The number of likely N-dealkylation sites (tertiary alicyclic amines) is 1. The number of nitrogens with zero attached hydrogens (tertiary/aromatic N) is 8. The summed E-state index contributed by atoms with van der Waals surface area (Å²) in [5.74, 6) is 2.18. The first kappa shape index (κ1) is 19.1. The Bertz CT molecular complexity index is 1220. The van der Waals surface area contributed by atoms with Crippen molar-refractivity contribution in [2.45, 2.75) is 32.9 Å². The standard InChI is InChI=1S/C20H21N9O2/c1-3-29-18(13-6-22-12(2)23-7-13)27-16-17(24-10-25-19(16)29)26-14-4-5-28(9-14)20(30)15-8-21-11-31-15/h6-8,10-11,14H,3-5,9H2,1-2H3,(H,24,25,26)/t14-/m0/s1. The van der Waals surface area contributed by atoms with Gasteiger partial charge in [-0.05, 0) is 20.3 Å². The number of hydrogen-bond acceptors (Lipinski definition) is 9. The van der Waals surface area contributed by atoms with Crippen LogP contribution in [0.1, 0.15) is 29.7 Å². The van der Waals surface area contributed by atoms with Crippen LogP contribution in [0.5, 0.6) is 0 Å². The van der Waals surface area contributed by atoms with Crippen LogP contribution >= 0.6 is 0 Å². The highest BCUT2D eigenvalue weighted by molar-refractivity contribution is 5.91. The quantitative estimate of drug-likeness (QED) is 0.516. The second-order valence-corrected chi connectivity index (χ2v) is 7.34. The molecule has 0 aromatic carbocycles. The van der Waals surface area contributed by atoms with E-state index in [1.807, 2.05) is 18.4 Å². The summed E-state index contributed by atoms with van der Waals surface area (Å²) < 4.78 is 7.15. The molecule has 0 saturated carbocycles. The highest BCUT2D eigenvalue weighted by atomic mass is 16.3. The van der Waals surface area contributed by atoms with Gasteiger partial charge in [-0.1, -0.05) is 0 Å². The van der Waals surface area contributed by atoms with Crippen molar-refractivity contribution in [2.24, 2.45) is 0 Å². The molecule has 4 aromatic heterocycles. The molecule has 5 heterocycles. The van der Waals surface area contributed by atoms with Gasteiger partial charge in [-0.2, -0.15) is 0 Å². The van der Waals surface area contributed by atoms with E-state index in [2.05, 4.69) is 30.2 Å². The summed E-state index contributed by atoms with van der Waals surface area (Å²) in [5, 5.41) is 3.44. The normalized spacial score (nSPS) is 16.2. The SMILES string of the molecule is CCn1c(-c2cnc(C)nc2)nc2c(N[C@H]3CCN(C(=O)c4cnco4)C3)ncnc21. The van der Waals surface area contributed by atoms with Gasteiger partial charge in [0.1, 0.15) is 18.0 Å². The van der Waals surface area contributed by atoms with Crippen LogP contribution in [-0.2, 0) is 6.54 Å². The molecule has 0 radical (unpaired) electrons. The molecule has 5 rings (SSSR count). The molecule has 158 valence electrons. The Labute approximate surface area is 177 Å². The Morgan fingerprint density at radius 1 is 1.23 bits per heavy atom. The monoisotopic (exact) mass is 419 g/mol. The highest BCUT2D eigenvalue weighted by Crippen LogP contribution is 2.27. The predicted octanol–water partition coefficient (Wildman–Crippen LogP) is 1.93. The summed E-state index contributed by atoms with van der Waals surface area (Å²) in [6.45, 7) is 5.74. The number of carbonyl (C=O) groups excluding carboxylic acids is 1. The van der Waals surface area contributed by atoms with E-state index in [0.717, 1.165) is 23.5 Å². The number of nitrogens with one attached hydrogen (secondary N) is 1. The number of aryl methyl sites for hydroxylation is 2. The first-order valence-electron chi connectivity index (χ1n) is 10.1. The van der Waals surface area contributed by atoms with Crippen molar-refractivity contribution in [3.05, 3.63) is 42.9 Å². The number of carbonyl (C=O) groups is 1. The Balaban J connectivity index is 1.42. The van der Waals surface area contributed by atoms with E-state index in [4.69, 9.17) is 9.40 Å². The van der Waals surface area contributed by atoms with E-state index < -0.39 is 0 Å². The Kier molecular flexibility index (Phi) is 4.77. The van der Waals surface area contributed by atoms with Crippen LogP contribution in [-0.4, -0.2) is 64.4 Å². The van der Waals surface area contributed by atoms with E-state index in [9.17, 15) is 4.79 Å². The fourth-order valence-electron chi connectivity index (χ4n) is 3.80. The van der Waals surface area contributed by atoms with Crippen LogP contribution in [0.4, 0.5) is 5.82 Å². The first-order chi connectivity index (χ1) is 15.1. The van der Waals surface area contributed by atoms with Crippen LogP contribution in [0.25, 0.3) is 22.6 Å². The molecule has 0 bridgehead atoms. The zero-order valence-electron chi connectivity index (χ0n) is 17.2. The van der Waals surface area contributed by atoms with Crippen molar-refractivity contribution in [3.8, 4) is 11.4 Å². The average molecular weight is 419 g/mol. The third kappa shape index (κ3) is 3.47. The van der Waals surface area contributed by atoms with Gasteiger partial charge < -0.3 is 19.2 Å². The van der Waals surface area contributed by atoms with E-state index in [0.29, 0.717) is 36.8 Å². The number of rotatable bonds is 5. The number of amides is 1. The smallest absolute Gasteiger partial charge is 0.291 e. The van der Waals surface area contributed by atoms with E-state index in [1.165, 1.54) is 18.9 Å². The lowest BCUT2D eigenvalue weighted by atomic mass is 10.2. The van der Waals surface area contributed by atoms with Crippen LogP contribution in [0.3, 0.4) is 0 Å². The number of aromatic nitrogens is 7. The van der Waals surface area contributed by atoms with E-state index in [1.54, 1.807) is 17.3 Å². The van der Waals surface area contributed by atoms with Gasteiger partial charge in [-0.15, -0.1) is 0 Å². The van der Waals surface area contributed by atoms with Crippen LogP contribution in [0.15, 0.2) is 35.7 Å². The maximum atomic E-state index is 12.5. The summed E-state index contributed by atoms with van der Waals surface area (Å²) in [5.41, 5.74) is 2.24. The number of oxazole rings is 1. The second-order valence-electron chi connectivity index (χ2n) is 7.34. The van der Waals surface area contributed by atoms with Crippen molar-refractivity contribution in [3.63, 3.8) is 0 Å². The molecular weight excluding hydrogens is 398 g/mol. The molecule has 1 aliphatic rings. The topological polar surface area (TPSA) is 128 Å². The molecule has 1 N–H and O–H groups in total. The molecule has 11 nitrogen and oxygen atoms in total. The Morgan fingerprint density at radius 3 is 2.81 bits per heavy atom. The van der Waals surface area contributed by atoms with Gasteiger partial charge in [0.05, 0.1) is 11.8 Å². The average Bonchev–Trinajstić information content (AvgIpc) is 3.54.